The van der Waals surface area contributed by atoms with Crippen molar-refractivity contribution < 1.29 is 0 Å². The molecular weight excluding hydrogens is 725 g/mol. The monoisotopic (exact) mass is 762 g/mol. The molecule has 0 aliphatic carbocycles. The Bertz CT molecular complexity index is 3040. The van der Waals surface area contributed by atoms with Crippen molar-refractivity contribution in [1.82, 2.24) is 0 Å². The molecule has 0 amide bonds. The standard InChI is InChI=1S/C58H38N2/c1-3-15-39(16-4-1)41-31-35-43(36-32-41)45-21-11-25-49-47(45)23-13-27-51(49)57-53-19-7-9-29-55(53)60-58(54-20-8-10-30-56(54)59-57)52-28-14-24-48-46(22-12-26-50(48)52)44-37-33-42(34-38-44)40-17-5-2-6-18-40/h1-38H. The van der Waals surface area contributed by atoms with E-state index in [4.69, 9.17) is 9.98 Å². The molecule has 11 rings (SSSR count). The summed E-state index contributed by atoms with van der Waals surface area (Å²) in [5.41, 5.74) is 17.3. The molecule has 1 aliphatic heterocycles. The minimum atomic E-state index is 0.884. The summed E-state index contributed by atoms with van der Waals surface area (Å²) in [6.07, 6.45) is 0. The lowest BCUT2D eigenvalue weighted by molar-refractivity contribution is 1.40. The Hall–Kier alpha value is -7.94. The number of nitrogens with zero attached hydrogens (tertiary/aromatic N) is 2. The Morgan fingerprint density at radius 1 is 0.183 bits per heavy atom. The SMILES string of the molecule is c1ccc(-c2ccc(-c3cccc4c(C5=Nc6ccccc6C(c6cccc7c(-c8ccc(-c9ccccc9)cc8)cccc67)=Nc6ccccc65)cccc34)cc2)cc1. The number of rotatable bonds is 6. The topological polar surface area (TPSA) is 24.7 Å². The van der Waals surface area contributed by atoms with Crippen molar-refractivity contribution in [3.8, 4) is 44.5 Å². The molecule has 0 saturated heterocycles. The highest BCUT2D eigenvalue weighted by Gasteiger charge is 2.23. The van der Waals surface area contributed by atoms with Gasteiger partial charge in [-0.15, -0.1) is 0 Å². The van der Waals surface area contributed by atoms with E-state index >= 15 is 0 Å². The highest BCUT2D eigenvalue weighted by molar-refractivity contribution is 6.28. The van der Waals surface area contributed by atoms with Gasteiger partial charge in [0.2, 0.25) is 0 Å². The van der Waals surface area contributed by atoms with E-state index in [9.17, 15) is 0 Å². The van der Waals surface area contributed by atoms with Crippen LogP contribution in [-0.2, 0) is 0 Å². The summed E-state index contributed by atoms with van der Waals surface area (Å²) < 4.78 is 0. The summed E-state index contributed by atoms with van der Waals surface area (Å²) in [5.74, 6) is 0. The van der Waals surface area contributed by atoms with Gasteiger partial charge < -0.3 is 0 Å². The Balaban J connectivity index is 1.03. The van der Waals surface area contributed by atoms with Gasteiger partial charge in [-0.1, -0.05) is 218 Å². The zero-order valence-electron chi connectivity index (χ0n) is 32.8. The Morgan fingerprint density at radius 2 is 0.467 bits per heavy atom. The van der Waals surface area contributed by atoms with Crippen LogP contribution in [0.25, 0.3) is 66.1 Å². The van der Waals surface area contributed by atoms with Crippen LogP contribution in [0.5, 0.6) is 0 Å². The first-order valence-corrected chi connectivity index (χ1v) is 20.5. The molecule has 60 heavy (non-hydrogen) atoms. The number of hydrogen-bond acceptors (Lipinski definition) is 2. The van der Waals surface area contributed by atoms with Crippen molar-refractivity contribution in [1.29, 1.82) is 0 Å². The minimum Gasteiger partial charge on any atom is -0.247 e. The molecule has 0 saturated carbocycles. The molecular formula is C58H38N2. The second-order valence-corrected chi connectivity index (χ2v) is 15.3. The van der Waals surface area contributed by atoms with E-state index < -0.39 is 0 Å². The van der Waals surface area contributed by atoms with Crippen LogP contribution in [0.1, 0.15) is 22.3 Å². The zero-order chi connectivity index (χ0) is 39.8. The van der Waals surface area contributed by atoms with Crippen LogP contribution in [0.15, 0.2) is 241 Å². The van der Waals surface area contributed by atoms with Gasteiger partial charge in [-0.05, 0) is 78.2 Å². The number of aliphatic imine (C=N–C) groups is 2. The Kier molecular flexibility index (Phi) is 8.87. The second-order valence-electron chi connectivity index (χ2n) is 15.3. The predicted octanol–water partition coefficient (Wildman–Crippen LogP) is 15.3. The van der Waals surface area contributed by atoms with Crippen molar-refractivity contribution in [3.05, 3.63) is 253 Å². The molecule has 1 aliphatic rings. The number of hydrogen-bond donors (Lipinski definition) is 0. The maximum absolute atomic E-state index is 5.60. The third-order valence-corrected chi connectivity index (χ3v) is 11.7. The Morgan fingerprint density at radius 3 is 0.867 bits per heavy atom. The van der Waals surface area contributed by atoms with Gasteiger partial charge in [0.1, 0.15) is 0 Å². The highest BCUT2D eigenvalue weighted by atomic mass is 14.8. The molecule has 0 aromatic heterocycles. The predicted molar refractivity (Wildman–Crippen MR) is 253 cm³/mol. The molecule has 2 nitrogen and oxygen atoms in total. The fourth-order valence-electron chi connectivity index (χ4n) is 8.80. The highest BCUT2D eigenvalue weighted by Crippen LogP contribution is 2.39. The van der Waals surface area contributed by atoms with Crippen molar-refractivity contribution in [2.75, 3.05) is 0 Å². The molecule has 0 radical (unpaired) electrons. The van der Waals surface area contributed by atoms with Crippen LogP contribution in [-0.4, -0.2) is 11.4 Å². The van der Waals surface area contributed by atoms with Crippen LogP contribution in [0.4, 0.5) is 11.4 Å². The normalized spacial score (nSPS) is 12.2. The lowest BCUT2D eigenvalue weighted by Crippen LogP contribution is -2.11. The maximum Gasteiger partial charge on any atom is 0.0809 e. The molecule has 0 fully saturated rings. The smallest absolute Gasteiger partial charge is 0.0809 e. The van der Waals surface area contributed by atoms with E-state index in [0.29, 0.717) is 0 Å². The molecule has 1 heterocycles. The van der Waals surface area contributed by atoms with E-state index in [2.05, 4.69) is 231 Å². The van der Waals surface area contributed by atoms with Crippen LogP contribution >= 0.6 is 0 Å². The average Bonchev–Trinajstić information content (AvgIpc) is 3.32. The Labute approximate surface area is 350 Å². The summed E-state index contributed by atoms with van der Waals surface area (Å²) in [7, 11) is 0. The van der Waals surface area contributed by atoms with E-state index in [1.807, 2.05) is 0 Å². The van der Waals surface area contributed by atoms with E-state index in [1.54, 1.807) is 0 Å². The van der Waals surface area contributed by atoms with Gasteiger partial charge in [0.15, 0.2) is 0 Å². The van der Waals surface area contributed by atoms with Crippen LogP contribution < -0.4 is 0 Å². The fourth-order valence-corrected chi connectivity index (χ4v) is 8.80. The lowest BCUT2D eigenvalue weighted by atomic mass is 9.89. The quantitative estimate of drug-likeness (QED) is 0.161. The number of benzene rings is 10. The van der Waals surface area contributed by atoms with Crippen molar-refractivity contribution >= 4 is 44.3 Å². The van der Waals surface area contributed by atoms with Crippen LogP contribution in [0.2, 0.25) is 0 Å². The third-order valence-electron chi connectivity index (χ3n) is 11.7. The summed E-state index contributed by atoms with van der Waals surface area (Å²) in [6.45, 7) is 0. The van der Waals surface area contributed by atoms with Gasteiger partial charge in [0, 0.05) is 22.3 Å². The first-order valence-electron chi connectivity index (χ1n) is 20.5. The van der Waals surface area contributed by atoms with Gasteiger partial charge in [-0.3, -0.25) is 0 Å². The van der Waals surface area contributed by atoms with Gasteiger partial charge in [-0.25, -0.2) is 9.98 Å². The molecule has 0 spiro atoms. The van der Waals surface area contributed by atoms with Crippen molar-refractivity contribution in [2.45, 2.75) is 0 Å². The average molecular weight is 763 g/mol. The third kappa shape index (κ3) is 6.32. The molecule has 10 aromatic rings. The largest absolute Gasteiger partial charge is 0.247 e. The summed E-state index contributed by atoms with van der Waals surface area (Å²) in [5, 5.41) is 4.67. The van der Waals surface area contributed by atoms with E-state index in [1.165, 1.54) is 55.3 Å². The number of fused-ring (bicyclic) bond motifs is 4. The summed E-state index contributed by atoms with van der Waals surface area (Å²) in [4.78, 5) is 11.2. The van der Waals surface area contributed by atoms with E-state index in [-0.39, 0.29) is 0 Å². The van der Waals surface area contributed by atoms with Gasteiger partial charge in [-0.2, -0.15) is 0 Å². The maximum atomic E-state index is 5.60. The van der Waals surface area contributed by atoms with Crippen LogP contribution in [0, 0.1) is 0 Å². The molecule has 10 aromatic carbocycles. The van der Waals surface area contributed by atoms with Gasteiger partial charge in [0.25, 0.3) is 0 Å². The fraction of sp³-hybridized carbons (Fsp3) is 0. The molecule has 0 bridgehead atoms. The molecule has 0 unspecified atom stereocenters. The molecule has 0 atom stereocenters. The van der Waals surface area contributed by atoms with Crippen molar-refractivity contribution in [3.63, 3.8) is 0 Å². The molecule has 280 valence electrons. The van der Waals surface area contributed by atoms with Crippen molar-refractivity contribution in [2.24, 2.45) is 9.98 Å². The molecule has 0 N–H and O–H groups in total. The van der Waals surface area contributed by atoms with Gasteiger partial charge in [0.05, 0.1) is 22.8 Å². The van der Waals surface area contributed by atoms with E-state index in [0.717, 1.165) is 55.8 Å². The molecule has 2 heteroatoms. The lowest BCUT2D eigenvalue weighted by Gasteiger charge is -2.20. The summed E-state index contributed by atoms with van der Waals surface area (Å²) >= 11 is 0. The van der Waals surface area contributed by atoms with Crippen LogP contribution in [0.3, 0.4) is 0 Å². The minimum absolute atomic E-state index is 0.884. The zero-order valence-corrected chi connectivity index (χ0v) is 32.8. The van der Waals surface area contributed by atoms with Gasteiger partial charge >= 0.3 is 0 Å². The summed E-state index contributed by atoms with van der Waals surface area (Å²) in [6, 6.07) is 82.2. The number of para-hydroxylation sites is 2. The first kappa shape index (κ1) is 35.2. The first-order chi connectivity index (χ1) is 29.8. The second kappa shape index (κ2) is 15.1.